The van der Waals surface area contributed by atoms with Gasteiger partial charge in [0.1, 0.15) is 17.0 Å². The van der Waals surface area contributed by atoms with Crippen LogP contribution in [-0.2, 0) is 9.47 Å². The quantitative estimate of drug-likeness (QED) is 0.341. The van der Waals surface area contributed by atoms with Gasteiger partial charge in [-0.15, -0.1) is 0 Å². The van der Waals surface area contributed by atoms with E-state index in [0.29, 0.717) is 25.2 Å². The molecule has 1 heterocycles. The molecular formula is C27H41ClFN5O5. The summed E-state index contributed by atoms with van der Waals surface area (Å²) < 4.78 is 26.1. The molecule has 1 aromatic carbocycles. The predicted octanol–water partition coefficient (Wildman–Crippen LogP) is 5.35. The van der Waals surface area contributed by atoms with Crippen molar-refractivity contribution in [3.63, 3.8) is 0 Å². The zero-order valence-electron chi connectivity index (χ0n) is 24.0. The van der Waals surface area contributed by atoms with Crippen LogP contribution in [0.2, 0.25) is 5.02 Å². The summed E-state index contributed by atoms with van der Waals surface area (Å²) in [5.41, 5.74) is 2.90. The largest absolute Gasteiger partial charge is 0.444 e. The molecule has 0 radical (unpaired) electrons. The van der Waals surface area contributed by atoms with Crippen molar-refractivity contribution in [2.75, 3.05) is 23.3 Å². The van der Waals surface area contributed by atoms with Crippen LogP contribution in [0.5, 0.6) is 0 Å². The van der Waals surface area contributed by atoms with Gasteiger partial charge in [-0.3, -0.25) is 10.2 Å². The van der Waals surface area contributed by atoms with E-state index < -0.39 is 40.7 Å². The number of ether oxygens (including phenoxy) is 2. The van der Waals surface area contributed by atoms with Crippen LogP contribution < -0.4 is 26.4 Å². The minimum atomic E-state index is -0.846. The molecule has 1 saturated carbocycles. The van der Waals surface area contributed by atoms with E-state index in [1.807, 2.05) is 18.7 Å². The molecule has 2 aliphatic rings. The van der Waals surface area contributed by atoms with Gasteiger partial charge in [0.05, 0.1) is 22.0 Å². The maximum Gasteiger partial charge on any atom is 0.426 e. The van der Waals surface area contributed by atoms with E-state index in [1.54, 1.807) is 41.5 Å². The van der Waals surface area contributed by atoms with Gasteiger partial charge in [0.2, 0.25) is 0 Å². The lowest BCUT2D eigenvalue weighted by Gasteiger charge is -2.34. The SMILES string of the molecule is CC(C)(C)OC(=O)NNC(=O)c1cc(F)c(N2CC[C@@H](C(C)(C)NC(=O)OC(C)(C)C)C2)c(Cl)c1NC1CC1. The second-order valence-electron chi connectivity index (χ2n) is 12.7. The van der Waals surface area contributed by atoms with Gasteiger partial charge in [0.25, 0.3) is 5.91 Å². The number of nitrogens with zero attached hydrogens (tertiary/aromatic N) is 1. The van der Waals surface area contributed by atoms with Gasteiger partial charge in [-0.2, -0.15) is 0 Å². The number of rotatable bonds is 6. The summed E-state index contributed by atoms with van der Waals surface area (Å²) >= 11 is 6.76. The number of hydrazine groups is 1. The van der Waals surface area contributed by atoms with Crippen LogP contribution in [0.25, 0.3) is 0 Å². The first-order valence-corrected chi connectivity index (χ1v) is 13.6. The summed E-state index contributed by atoms with van der Waals surface area (Å²) in [5, 5.41) is 6.26. The monoisotopic (exact) mass is 569 g/mol. The molecule has 1 saturated heterocycles. The molecule has 1 aromatic rings. The highest BCUT2D eigenvalue weighted by molar-refractivity contribution is 6.37. The Morgan fingerprint density at radius 3 is 2.10 bits per heavy atom. The fourth-order valence-corrected chi connectivity index (χ4v) is 4.72. The lowest BCUT2D eigenvalue weighted by atomic mass is 9.87. The zero-order valence-corrected chi connectivity index (χ0v) is 24.8. The molecule has 0 spiro atoms. The van der Waals surface area contributed by atoms with E-state index in [0.717, 1.165) is 18.9 Å². The highest BCUT2D eigenvalue weighted by Gasteiger charge is 2.39. The summed E-state index contributed by atoms with van der Waals surface area (Å²) in [6.07, 6.45) is 1.13. The number of carbonyl (C=O) groups is 3. The second-order valence-corrected chi connectivity index (χ2v) is 13.1. The van der Waals surface area contributed by atoms with Crippen molar-refractivity contribution >= 4 is 41.1 Å². The molecule has 0 aromatic heterocycles. The normalized spacial score (nSPS) is 17.9. The van der Waals surface area contributed by atoms with Crippen LogP contribution in [0.15, 0.2) is 6.07 Å². The van der Waals surface area contributed by atoms with Crippen molar-refractivity contribution in [2.45, 2.75) is 97.4 Å². The summed E-state index contributed by atoms with van der Waals surface area (Å²) in [6.45, 7) is 15.2. The number of amides is 3. The first kappa shape index (κ1) is 30.6. The van der Waals surface area contributed by atoms with E-state index in [4.69, 9.17) is 21.1 Å². The van der Waals surface area contributed by atoms with Crippen molar-refractivity contribution in [3.8, 4) is 0 Å². The Morgan fingerprint density at radius 1 is 0.949 bits per heavy atom. The van der Waals surface area contributed by atoms with E-state index in [9.17, 15) is 14.4 Å². The lowest BCUT2D eigenvalue weighted by Crippen LogP contribution is -2.51. The van der Waals surface area contributed by atoms with Crippen molar-refractivity contribution < 1.29 is 28.2 Å². The molecule has 12 heteroatoms. The highest BCUT2D eigenvalue weighted by Crippen LogP contribution is 2.43. The van der Waals surface area contributed by atoms with E-state index in [2.05, 4.69) is 21.5 Å². The number of anilines is 2. The summed E-state index contributed by atoms with van der Waals surface area (Å²) in [7, 11) is 0. The van der Waals surface area contributed by atoms with Gasteiger partial charge in [0.15, 0.2) is 0 Å². The minimum absolute atomic E-state index is 0.0127. The predicted molar refractivity (Wildman–Crippen MR) is 149 cm³/mol. The number of hydrogen-bond donors (Lipinski definition) is 4. The molecule has 10 nitrogen and oxygen atoms in total. The molecule has 218 valence electrons. The van der Waals surface area contributed by atoms with Gasteiger partial charge < -0.3 is 25.0 Å². The average molecular weight is 570 g/mol. The molecule has 2 fully saturated rings. The Balaban J connectivity index is 1.79. The molecule has 3 rings (SSSR count). The molecule has 39 heavy (non-hydrogen) atoms. The van der Waals surface area contributed by atoms with Crippen molar-refractivity contribution in [2.24, 2.45) is 5.92 Å². The third kappa shape index (κ3) is 8.52. The van der Waals surface area contributed by atoms with E-state index in [-0.39, 0.29) is 28.2 Å². The minimum Gasteiger partial charge on any atom is -0.444 e. The van der Waals surface area contributed by atoms with Gasteiger partial charge in [-0.05, 0) is 80.7 Å². The van der Waals surface area contributed by atoms with Gasteiger partial charge in [-0.25, -0.2) is 19.4 Å². The Morgan fingerprint density at radius 2 is 1.54 bits per heavy atom. The number of hydrogen-bond acceptors (Lipinski definition) is 7. The molecule has 0 bridgehead atoms. The third-order valence-electron chi connectivity index (χ3n) is 6.39. The Bertz CT molecular complexity index is 1110. The maximum atomic E-state index is 15.6. The van der Waals surface area contributed by atoms with Crippen LogP contribution in [0.4, 0.5) is 25.4 Å². The standard InChI is InChI=1S/C27H41ClFN5O5/c1-25(2,3)38-23(36)31-27(7,8)15-11-12-34(14-15)21-18(29)13-17(20(19(21)28)30-16-9-10-16)22(35)32-33-24(37)39-26(4,5)6/h13,15-16,30H,9-12,14H2,1-8H3,(H,31,36)(H,32,35)(H,33,37)/t15-/m1/s1. The topological polar surface area (TPSA) is 121 Å². The number of carbonyl (C=O) groups excluding carboxylic acids is 3. The molecular weight excluding hydrogens is 529 g/mol. The molecule has 4 N–H and O–H groups in total. The average Bonchev–Trinajstić information content (AvgIpc) is 3.43. The second kappa shape index (κ2) is 11.3. The first-order chi connectivity index (χ1) is 17.9. The molecule has 0 unspecified atom stereocenters. The number of alkyl carbamates (subject to hydrolysis) is 1. The Labute approximate surface area is 234 Å². The van der Waals surface area contributed by atoms with Crippen molar-refractivity contribution in [1.82, 2.24) is 16.2 Å². The van der Waals surface area contributed by atoms with Crippen molar-refractivity contribution in [3.05, 3.63) is 22.5 Å². The van der Waals surface area contributed by atoms with E-state index >= 15 is 4.39 Å². The zero-order chi connectivity index (χ0) is 29.3. The van der Waals surface area contributed by atoms with Gasteiger partial charge >= 0.3 is 12.2 Å². The van der Waals surface area contributed by atoms with Crippen LogP contribution in [0, 0.1) is 11.7 Å². The Kier molecular flexibility index (Phi) is 8.84. The van der Waals surface area contributed by atoms with Gasteiger partial charge in [-0.1, -0.05) is 11.6 Å². The summed E-state index contributed by atoms with van der Waals surface area (Å²) in [4.78, 5) is 39.2. The lowest BCUT2D eigenvalue weighted by molar-refractivity contribution is 0.0440. The first-order valence-electron chi connectivity index (χ1n) is 13.2. The Hall–Kier alpha value is -2.95. The van der Waals surface area contributed by atoms with Crippen LogP contribution >= 0.6 is 11.6 Å². The van der Waals surface area contributed by atoms with Crippen LogP contribution in [-0.4, -0.2) is 54.0 Å². The third-order valence-corrected chi connectivity index (χ3v) is 6.76. The van der Waals surface area contributed by atoms with Crippen LogP contribution in [0.1, 0.15) is 85.0 Å². The maximum absolute atomic E-state index is 15.6. The molecule has 1 aliphatic heterocycles. The molecule has 1 atom stereocenters. The fourth-order valence-electron chi connectivity index (χ4n) is 4.35. The number of nitrogens with one attached hydrogen (secondary N) is 4. The highest BCUT2D eigenvalue weighted by atomic mass is 35.5. The van der Waals surface area contributed by atoms with Gasteiger partial charge in [0, 0.05) is 30.6 Å². The van der Waals surface area contributed by atoms with Crippen molar-refractivity contribution in [1.29, 1.82) is 0 Å². The van der Waals surface area contributed by atoms with E-state index in [1.165, 1.54) is 0 Å². The summed E-state index contributed by atoms with van der Waals surface area (Å²) in [6, 6.07) is 1.24. The smallest absolute Gasteiger partial charge is 0.426 e. The molecule has 3 amide bonds. The fraction of sp³-hybridized carbons (Fsp3) is 0.667. The van der Waals surface area contributed by atoms with Crippen LogP contribution in [0.3, 0.4) is 0 Å². The summed E-state index contributed by atoms with van der Waals surface area (Å²) in [5.74, 6) is -1.41. The molecule has 1 aliphatic carbocycles. The number of benzene rings is 1. The number of halogens is 2.